The third kappa shape index (κ3) is 4.97. The second-order valence-corrected chi connectivity index (χ2v) is 8.12. The summed E-state index contributed by atoms with van der Waals surface area (Å²) >= 11 is 6.30. The number of ether oxygens (including phenoxy) is 4. The summed E-state index contributed by atoms with van der Waals surface area (Å²) in [6, 6.07) is 19.2. The molecule has 3 aromatic rings. The zero-order valence-corrected chi connectivity index (χ0v) is 20.4. The maximum atomic E-state index is 6.30. The van der Waals surface area contributed by atoms with Crippen LogP contribution in [0.15, 0.2) is 71.8 Å². The van der Waals surface area contributed by atoms with E-state index in [1.807, 2.05) is 77.8 Å². The number of hydrogen-bond donors (Lipinski definition) is 0. The predicted molar refractivity (Wildman–Crippen MR) is 137 cm³/mol. The van der Waals surface area contributed by atoms with Crippen molar-refractivity contribution in [2.75, 3.05) is 33.4 Å². The lowest BCUT2D eigenvalue weighted by Crippen LogP contribution is -2.19. The average molecular weight is 479 g/mol. The molecule has 0 aliphatic carbocycles. The van der Waals surface area contributed by atoms with Crippen LogP contribution in [0.3, 0.4) is 0 Å². The smallest absolute Gasteiger partial charge is 0.129 e. The first-order chi connectivity index (χ1) is 16.6. The molecule has 1 heterocycles. The van der Waals surface area contributed by atoms with Crippen molar-refractivity contribution in [3.05, 3.63) is 82.9 Å². The van der Waals surface area contributed by atoms with E-state index >= 15 is 0 Å². The number of rotatable bonds is 8. The van der Waals surface area contributed by atoms with Crippen molar-refractivity contribution in [2.45, 2.75) is 12.5 Å². The van der Waals surface area contributed by atoms with Gasteiger partial charge in [-0.15, -0.1) is 0 Å². The minimum Gasteiger partial charge on any atom is -0.497 e. The molecule has 6 nitrogen and oxygen atoms in total. The van der Waals surface area contributed by atoms with Gasteiger partial charge in [0.25, 0.3) is 0 Å². The normalized spacial score (nSPS) is 15.4. The molecule has 1 atom stereocenters. The maximum absolute atomic E-state index is 6.30. The van der Waals surface area contributed by atoms with Crippen LogP contribution in [-0.4, -0.2) is 34.2 Å². The Balaban J connectivity index is 1.70. The molecule has 0 N–H and O–H groups in total. The highest BCUT2D eigenvalue weighted by Crippen LogP contribution is 2.41. The van der Waals surface area contributed by atoms with Crippen LogP contribution in [0.2, 0.25) is 5.02 Å². The van der Waals surface area contributed by atoms with Crippen molar-refractivity contribution >= 4 is 29.1 Å². The number of nitrogens with zero attached hydrogens (tertiary/aromatic N) is 2. The molecule has 1 unspecified atom stereocenters. The largest absolute Gasteiger partial charge is 0.497 e. The summed E-state index contributed by atoms with van der Waals surface area (Å²) in [5.74, 6) is 2.95. The van der Waals surface area contributed by atoms with Crippen LogP contribution in [0.1, 0.15) is 23.6 Å². The zero-order chi connectivity index (χ0) is 24.1. The monoisotopic (exact) mass is 478 g/mol. The number of hydrogen-bond acceptors (Lipinski definition) is 6. The van der Waals surface area contributed by atoms with Crippen LogP contribution < -0.4 is 24.0 Å². The van der Waals surface area contributed by atoms with E-state index in [4.69, 9.17) is 35.6 Å². The second-order valence-electron chi connectivity index (χ2n) is 7.68. The van der Waals surface area contributed by atoms with Gasteiger partial charge in [0.15, 0.2) is 0 Å². The minimum absolute atomic E-state index is 0.0725. The molecule has 34 heavy (non-hydrogen) atoms. The number of allylic oxidation sites excluding steroid dienone is 1. The number of benzene rings is 3. The Kier molecular flexibility index (Phi) is 7.28. The molecule has 0 bridgehead atoms. The van der Waals surface area contributed by atoms with Gasteiger partial charge in [0, 0.05) is 34.7 Å². The first kappa shape index (κ1) is 23.5. The maximum Gasteiger partial charge on any atom is 0.129 e. The Hall–Kier alpha value is -3.64. The standard InChI is InChI=1S/C27H27ClN2O4/c1-31-22-11-9-18(26(16-22)33-3)8-10-20-15-25(24-13-12-23(32-2)17-27(24)34-4)30(29-20)21-7-5-6-19(28)14-21/h5-14,16-17,25H,15H2,1-4H3/b10-8+. The van der Waals surface area contributed by atoms with Gasteiger partial charge in [-0.2, -0.15) is 5.10 Å². The van der Waals surface area contributed by atoms with E-state index in [1.54, 1.807) is 28.4 Å². The van der Waals surface area contributed by atoms with Gasteiger partial charge in [-0.05, 0) is 54.6 Å². The van der Waals surface area contributed by atoms with Crippen LogP contribution >= 0.6 is 11.6 Å². The predicted octanol–water partition coefficient (Wildman–Crippen LogP) is 6.40. The minimum atomic E-state index is -0.0725. The van der Waals surface area contributed by atoms with Crippen LogP contribution in [0.4, 0.5) is 5.69 Å². The molecule has 176 valence electrons. The van der Waals surface area contributed by atoms with Gasteiger partial charge >= 0.3 is 0 Å². The molecule has 0 aromatic heterocycles. The van der Waals surface area contributed by atoms with E-state index in [2.05, 4.69) is 0 Å². The van der Waals surface area contributed by atoms with Crippen molar-refractivity contribution in [3.63, 3.8) is 0 Å². The zero-order valence-electron chi connectivity index (χ0n) is 19.6. The number of hydrazone groups is 1. The molecule has 0 saturated carbocycles. The fourth-order valence-corrected chi connectivity index (χ4v) is 4.15. The van der Waals surface area contributed by atoms with Crippen molar-refractivity contribution in [1.29, 1.82) is 0 Å². The molecule has 7 heteroatoms. The summed E-state index contributed by atoms with van der Waals surface area (Å²) in [5.41, 5.74) is 3.77. The summed E-state index contributed by atoms with van der Waals surface area (Å²) in [5, 5.41) is 7.57. The molecule has 0 amide bonds. The molecule has 0 saturated heterocycles. The third-order valence-corrected chi connectivity index (χ3v) is 5.94. The van der Waals surface area contributed by atoms with Crippen molar-refractivity contribution < 1.29 is 18.9 Å². The fraction of sp³-hybridized carbons (Fsp3) is 0.222. The van der Waals surface area contributed by atoms with E-state index in [0.717, 1.165) is 45.5 Å². The fourth-order valence-electron chi connectivity index (χ4n) is 3.97. The van der Waals surface area contributed by atoms with E-state index in [1.165, 1.54) is 0 Å². The second kappa shape index (κ2) is 10.5. The summed E-state index contributed by atoms with van der Waals surface area (Å²) in [7, 11) is 6.58. The SMILES string of the molecule is COc1ccc(/C=C/C2=NN(c3cccc(Cl)c3)C(c3ccc(OC)cc3OC)C2)c(OC)c1. The number of anilines is 1. The molecule has 4 rings (SSSR count). The highest BCUT2D eigenvalue weighted by atomic mass is 35.5. The van der Waals surface area contributed by atoms with Gasteiger partial charge in [0.2, 0.25) is 0 Å². The molecular formula is C27H27ClN2O4. The van der Waals surface area contributed by atoms with Crippen molar-refractivity contribution in [3.8, 4) is 23.0 Å². The Bertz CT molecular complexity index is 1230. The Morgan fingerprint density at radius 1 is 0.824 bits per heavy atom. The molecule has 1 aliphatic rings. The Morgan fingerprint density at radius 3 is 2.21 bits per heavy atom. The van der Waals surface area contributed by atoms with Gasteiger partial charge in [0.05, 0.1) is 45.9 Å². The van der Waals surface area contributed by atoms with Gasteiger partial charge < -0.3 is 18.9 Å². The van der Waals surface area contributed by atoms with Crippen molar-refractivity contribution in [1.82, 2.24) is 0 Å². The molecule has 0 fully saturated rings. The summed E-state index contributed by atoms with van der Waals surface area (Å²) in [6.45, 7) is 0. The van der Waals surface area contributed by atoms with Crippen molar-refractivity contribution in [2.24, 2.45) is 5.10 Å². The molecule has 0 spiro atoms. The van der Waals surface area contributed by atoms with E-state index in [0.29, 0.717) is 11.4 Å². The average Bonchev–Trinajstić information content (AvgIpc) is 3.31. The molecule has 0 radical (unpaired) electrons. The van der Waals surface area contributed by atoms with E-state index in [9.17, 15) is 0 Å². The highest BCUT2D eigenvalue weighted by Gasteiger charge is 2.31. The van der Waals surface area contributed by atoms with Crippen LogP contribution in [0.25, 0.3) is 6.08 Å². The highest BCUT2D eigenvalue weighted by molar-refractivity contribution is 6.30. The summed E-state index contributed by atoms with van der Waals surface area (Å²) in [6.07, 6.45) is 4.70. The van der Waals surface area contributed by atoms with Gasteiger partial charge in [-0.1, -0.05) is 17.7 Å². The number of halogens is 1. The lowest BCUT2D eigenvalue weighted by atomic mass is 9.99. The van der Waals surface area contributed by atoms with Gasteiger partial charge in [0.1, 0.15) is 23.0 Å². The number of methoxy groups -OCH3 is 4. The summed E-state index contributed by atoms with van der Waals surface area (Å²) < 4.78 is 21.9. The Morgan fingerprint density at radius 2 is 1.53 bits per heavy atom. The summed E-state index contributed by atoms with van der Waals surface area (Å²) in [4.78, 5) is 0. The van der Waals surface area contributed by atoms with Crippen LogP contribution in [-0.2, 0) is 0 Å². The van der Waals surface area contributed by atoms with Gasteiger partial charge in [-0.3, -0.25) is 5.01 Å². The first-order valence-electron chi connectivity index (χ1n) is 10.8. The first-order valence-corrected chi connectivity index (χ1v) is 11.2. The topological polar surface area (TPSA) is 52.5 Å². The van der Waals surface area contributed by atoms with E-state index < -0.39 is 0 Å². The van der Waals surface area contributed by atoms with Crippen LogP contribution in [0, 0.1) is 0 Å². The quantitative estimate of drug-likeness (QED) is 0.375. The molecule has 3 aromatic carbocycles. The third-order valence-electron chi connectivity index (χ3n) is 5.70. The lowest BCUT2D eigenvalue weighted by Gasteiger charge is -2.25. The Labute approximate surface area is 205 Å². The van der Waals surface area contributed by atoms with Crippen LogP contribution in [0.5, 0.6) is 23.0 Å². The molecule has 1 aliphatic heterocycles. The van der Waals surface area contributed by atoms with E-state index in [-0.39, 0.29) is 6.04 Å². The lowest BCUT2D eigenvalue weighted by molar-refractivity contribution is 0.388. The molecular weight excluding hydrogens is 452 g/mol. The van der Waals surface area contributed by atoms with Gasteiger partial charge in [-0.25, -0.2) is 0 Å².